The quantitative estimate of drug-likeness (QED) is 0.821. The fourth-order valence-corrected chi connectivity index (χ4v) is 3.21. The van der Waals surface area contributed by atoms with Crippen molar-refractivity contribution in [2.24, 2.45) is 5.92 Å². The average Bonchev–Trinajstić information content (AvgIpc) is 2.85. The summed E-state index contributed by atoms with van der Waals surface area (Å²) in [5, 5.41) is 9.85. The van der Waals surface area contributed by atoms with Crippen molar-refractivity contribution in [3.05, 3.63) is 23.5 Å². The number of alkyl halides is 3. The van der Waals surface area contributed by atoms with E-state index in [-0.39, 0.29) is 22.7 Å². The van der Waals surface area contributed by atoms with E-state index < -0.39 is 17.3 Å². The first kappa shape index (κ1) is 18.0. The monoisotopic (exact) mass is 356 g/mol. The highest BCUT2D eigenvalue weighted by molar-refractivity contribution is 5.81. The Balaban J connectivity index is 1.93. The molecule has 1 fully saturated rings. The van der Waals surface area contributed by atoms with Crippen molar-refractivity contribution >= 4 is 11.0 Å². The number of nitrogens with one attached hydrogen (secondary N) is 1. The number of H-pyrrole nitrogens is 1. The van der Waals surface area contributed by atoms with Gasteiger partial charge in [-0.3, -0.25) is 0 Å². The SMILES string of the molecule is CC(C)CCOc1cc(C(F)(F)F)c2[nH]c([C@H]3C[C@@](C)(O)C3)nc2c1. The van der Waals surface area contributed by atoms with Crippen molar-refractivity contribution in [1.29, 1.82) is 0 Å². The summed E-state index contributed by atoms with van der Waals surface area (Å²) in [6.07, 6.45) is -2.75. The van der Waals surface area contributed by atoms with E-state index in [4.69, 9.17) is 4.74 Å². The van der Waals surface area contributed by atoms with Crippen LogP contribution in [-0.2, 0) is 6.18 Å². The third-order valence-electron chi connectivity index (χ3n) is 4.61. The van der Waals surface area contributed by atoms with Crippen LogP contribution in [0.4, 0.5) is 13.2 Å². The molecule has 1 saturated carbocycles. The molecular weight excluding hydrogens is 333 g/mol. The number of benzene rings is 1. The van der Waals surface area contributed by atoms with Crippen molar-refractivity contribution in [3.8, 4) is 5.75 Å². The molecule has 0 atom stereocenters. The fourth-order valence-electron chi connectivity index (χ4n) is 3.21. The Morgan fingerprint density at radius 2 is 2.04 bits per heavy atom. The van der Waals surface area contributed by atoms with Gasteiger partial charge in [-0.25, -0.2) is 4.98 Å². The molecule has 0 spiro atoms. The molecule has 2 N–H and O–H groups in total. The lowest BCUT2D eigenvalue weighted by molar-refractivity contribution is -0.136. The predicted octanol–water partition coefficient (Wildman–Crippen LogP) is 4.64. The Kier molecular flexibility index (Phi) is 4.47. The molecule has 0 aliphatic heterocycles. The van der Waals surface area contributed by atoms with Crippen LogP contribution >= 0.6 is 0 Å². The maximum Gasteiger partial charge on any atom is 0.418 e. The number of rotatable bonds is 5. The number of imidazole rings is 1. The Hall–Kier alpha value is -1.76. The molecular formula is C18H23F3N2O2. The number of halogens is 3. The van der Waals surface area contributed by atoms with Crippen molar-refractivity contribution in [1.82, 2.24) is 9.97 Å². The Bertz CT molecular complexity index is 758. The van der Waals surface area contributed by atoms with Crippen LogP contribution in [0.5, 0.6) is 5.75 Å². The van der Waals surface area contributed by atoms with Crippen molar-refractivity contribution in [3.63, 3.8) is 0 Å². The molecule has 1 heterocycles. The zero-order valence-electron chi connectivity index (χ0n) is 14.6. The molecule has 138 valence electrons. The lowest BCUT2D eigenvalue weighted by atomic mass is 9.72. The standard InChI is InChI=1S/C18H23F3N2O2/c1-10(2)4-5-25-12-6-13(18(19,20)21)15-14(7-12)22-16(23-15)11-8-17(3,24)9-11/h6-7,10-11,24H,4-5,8-9H2,1-3H3,(H,22,23)/t11-,17+. The number of ether oxygens (including phenoxy) is 1. The van der Waals surface area contributed by atoms with E-state index in [0.29, 0.717) is 31.2 Å². The van der Waals surface area contributed by atoms with Gasteiger partial charge >= 0.3 is 6.18 Å². The van der Waals surface area contributed by atoms with Gasteiger partial charge in [0.15, 0.2) is 0 Å². The second-order valence-corrected chi connectivity index (χ2v) is 7.62. The van der Waals surface area contributed by atoms with E-state index in [2.05, 4.69) is 9.97 Å². The molecule has 0 unspecified atom stereocenters. The summed E-state index contributed by atoms with van der Waals surface area (Å²) in [6.45, 7) is 6.14. The van der Waals surface area contributed by atoms with E-state index in [1.807, 2.05) is 13.8 Å². The fraction of sp³-hybridized carbons (Fsp3) is 0.611. The minimum Gasteiger partial charge on any atom is -0.493 e. The summed E-state index contributed by atoms with van der Waals surface area (Å²) in [6, 6.07) is 2.57. The molecule has 0 radical (unpaired) electrons. The van der Waals surface area contributed by atoms with Gasteiger partial charge in [-0.15, -0.1) is 0 Å². The Morgan fingerprint density at radius 3 is 2.60 bits per heavy atom. The van der Waals surface area contributed by atoms with Gasteiger partial charge in [-0.05, 0) is 38.2 Å². The van der Waals surface area contributed by atoms with Gasteiger partial charge in [0.2, 0.25) is 0 Å². The van der Waals surface area contributed by atoms with Crippen LogP contribution in [0.1, 0.15) is 57.3 Å². The summed E-state index contributed by atoms with van der Waals surface area (Å²) in [4.78, 5) is 7.15. The van der Waals surface area contributed by atoms with Crippen LogP contribution in [0, 0.1) is 5.92 Å². The largest absolute Gasteiger partial charge is 0.493 e. The normalized spacial score (nSPS) is 23.9. The minimum atomic E-state index is -4.50. The highest BCUT2D eigenvalue weighted by atomic mass is 19.4. The number of nitrogens with zero attached hydrogens (tertiary/aromatic N) is 1. The third kappa shape index (κ3) is 3.92. The molecule has 4 nitrogen and oxygen atoms in total. The maximum atomic E-state index is 13.4. The molecule has 1 aromatic heterocycles. The summed E-state index contributed by atoms with van der Waals surface area (Å²) in [7, 11) is 0. The number of hydrogen-bond donors (Lipinski definition) is 2. The molecule has 25 heavy (non-hydrogen) atoms. The van der Waals surface area contributed by atoms with Crippen LogP contribution in [0.3, 0.4) is 0 Å². The molecule has 7 heteroatoms. The van der Waals surface area contributed by atoms with Crippen molar-refractivity contribution < 1.29 is 23.0 Å². The first-order valence-corrected chi connectivity index (χ1v) is 8.51. The highest BCUT2D eigenvalue weighted by Crippen LogP contribution is 2.45. The third-order valence-corrected chi connectivity index (χ3v) is 4.61. The van der Waals surface area contributed by atoms with Gasteiger partial charge in [0.05, 0.1) is 28.8 Å². The van der Waals surface area contributed by atoms with Gasteiger partial charge in [-0.1, -0.05) is 13.8 Å². The number of fused-ring (bicyclic) bond motifs is 1. The van der Waals surface area contributed by atoms with E-state index >= 15 is 0 Å². The zero-order chi connectivity index (χ0) is 18.4. The topological polar surface area (TPSA) is 58.1 Å². The smallest absolute Gasteiger partial charge is 0.418 e. The Labute approximate surface area is 144 Å². The van der Waals surface area contributed by atoms with Crippen LogP contribution < -0.4 is 4.74 Å². The molecule has 3 rings (SSSR count). The van der Waals surface area contributed by atoms with Gasteiger partial charge in [0.25, 0.3) is 0 Å². The number of aromatic amines is 1. The van der Waals surface area contributed by atoms with Crippen molar-refractivity contribution in [2.45, 2.75) is 57.7 Å². The van der Waals surface area contributed by atoms with Crippen LogP contribution in [0.25, 0.3) is 11.0 Å². The van der Waals surface area contributed by atoms with Crippen molar-refractivity contribution in [2.75, 3.05) is 6.61 Å². The number of aliphatic hydroxyl groups is 1. The van der Waals surface area contributed by atoms with Crippen LogP contribution in [-0.4, -0.2) is 27.3 Å². The molecule has 1 aromatic carbocycles. The van der Waals surface area contributed by atoms with Gasteiger partial charge in [-0.2, -0.15) is 13.2 Å². The summed E-state index contributed by atoms with van der Waals surface area (Å²) >= 11 is 0. The summed E-state index contributed by atoms with van der Waals surface area (Å²) in [5.41, 5.74) is -1.31. The van der Waals surface area contributed by atoms with Gasteiger partial charge in [0.1, 0.15) is 11.6 Å². The Morgan fingerprint density at radius 1 is 1.36 bits per heavy atom. The van der Waals surface area contributed by atoms with Crippen LogP contribution in [0.2, 0.25) is 0 Å². The molecule has 2 aromatic rings. The average molecular weight is 356 g/mol. The molecule has 1 aliphatic carbocycles. The molecule has 0 amide bonds. The molecule has 0 bridgehead atoms. The number of hydrogen-bond acceptors (Lipinski definition) is 3. The summed E-state index contributed by atoms with van der Waals surface area (Å²) in [5.74, 6) is 1.04. The zero-order valence-corrected chi connectivity index (χ0v) is 14.6. The second kappa shape index (κ2) is 6.20. The number of aromatic nitrogens is 2. The highest BCUT2D eigenvalue weighted by Gasteiger charge is 2.41. The summed E-state index contributed by atoms with van der Waals surface area (Å²) < 4.78 is 45.8. The van der Waals surface area contributed by atoms with Gasteiger partial charge in [0, 0.05) is 12.0 Å². The maximum absolute atomic E-state index is 13.4. The first-order valence-electron chi connectivity index (χ1n) is 8.51. The predicted molar refractivity (Wildman–Crippen MR) is 88.6 cm³/mol. The first-order chi connectivity index (χ1) is 11.5. The molecule has 1 aliphatic rings. The lowest BCUT2D eigenvalue weighted by Crippen LogP contribution is -2.39. The van der Waals surface area contributed by atoms with E-state index in [1.54, 1.807) is 13.0 Å². The van der Waals surface area contributed by atoms with E-state index in [9.17, 15) is 18.3 Å². The second-order valence-electron chi connectivity index (χ2n) is 7.62. The van der Waals surface area contributed by atoms with Crippen LogP contribution in [0.15, 0.2) is 12.1 Å². The molecule has 0 saturated heterocycles. The van der Waals surface area contributed by atoms with E-state index in [0.717, 1.165) is 12.5 Å². The minimum absolute atomic E-state index is 0.0229. The van der Waals surface area contributed by atoms with Gasteiger partial charge < -0.3 is 14.8 Å². The lowest BCUT2D eigenvalue weighted by Gasteiger charge is -2.39. The van der Waals surface area contributed by atoms with E-state index in [1.165, 1.54) is 0 Å².